The van der Waals surface area contributed by atoms with Crippen LogP contribution in [0.2, 0.25) is 0 Å². The van der Waals surface area contributed by atoms with Gasteiger partial charge in [0.25, 0.3) is 0 Å². The van der Waals surface area contributed by atoms with Gasteiger partial charge in [0.15, 0.2) is 0 Å². The van der Waals surface area contributed by atoms with E-state index in [1.54, 1.807) is 0 Å². The van der Waals surface area contributed by atoms with E-state index in [1.165, 1.54) is 38.3 Å². The highest BCUT2D eigenvalue weighted by molar-refractivity contribution is 6.21. The third-order valence-corrected chi connectivity index (χ3v) is 6.16. The van der Waals surface area contributed by atoms with E-state index in [-0.39, 0.29) is 0 Å². The van der Waals surface area contributed by atoms with E-state index >= 15 is 0 Å². The fourth-order valence-electron chi connectivity index (χ4n) is 4.85. The number of furan rings is 1. The van der Waals surface area contributed by atoms with E-state index in [4.69, 9.17) is 4.42 Å². The average Bonchev–Trinajstić information content (AvgIpc) is 3.33. The minimum atomic E-state index is 0.933. The zero-order valence-electron chi connectivity index (χ0n) is 16.2. The molecule has 0 aliphatic rings. The molecule has 0 bridgehead atoms. The molecule has 30 heavy (non-hydrogen) atoms. The minimum Gasteiger partial charge on any atom is -0.456 e. The van der Waals surface area contributed by atoms with Crippen LogP contribution in [0.3, 0.4) is 0 Å². The van der Waals surface area contributed by atoms with Gasteiger partial charge in [-0.2, -0.15) is 0 Å². The molecule has 0 N–H and O–H groups in total. The molecule has 7 aromatic rings. The normalized spacial score (nSPS) is 12.0. The minimum absolute atomic E-state index is 0.933. The molecule has 2 aromatic heterocycles. The van der Waals surface area contributed by atoms with E-state index in [2.05, 4.69) is 95.6 Å². The van der Waals surface area contributed by atoms with Crippen LogP contribution >= 0.6 is 0 Å². The Kier molecular flexibility index (Phi) is 3.03. The van der Waals surface area contributed by atoms with Crippen molar-refractivity contribution in [2.45, 2.75) is 0 Å². The smallest absolute Gasteiger partial charge is 0.136 e. The molecular formula is C28H17NO. The summed E-state index contributed by atoms with van der Waals surface area (Å²) in [6.45, 7) is 0. The lowest BCUT2D eigenvalue weighted by Crippen LogP contribution is -1.93. The van der Waals surface area contributed by atoms with Gasteiger partial charge in [0.1, 0.15) is 11.2 Å². The maximum absolute atomic E-state index is 6.14. The number of aromatic nitrogens is 1. The second-order valence-electron chi connectivity index (χ2n) is 7.82. The van der Waals surface area contributed by atoms with Gasteiger partial charge in [-0.1, -0.05) is 66.7 Å². The molecule has 0 radical (unpaired) electrons. The van der Waals surface area contributed by atoms with Crippen LogP contribution in [0.1, 0.15) is 0 Å². The summed E-state index contributed by atoms with van der Waals surface area (Å²) >= 11 is 0. The third kappa shape index (κ3) is 2.03. The summed E-state index contributed by atoms with van der Waals surface area (Å²) in [6, 6.07) is 36.5. The van der Waals surface area contributed by atoms with Crippen LogP contribution in [-0.2, 0) is 0 Å². The second kappa shape index (κ2) is 5.74. The van der Waals surface area contributed by atoms with Crippen LogP contribution in [0.15, 0.2) is 108 Å². The molecule has 0 amide bonds. The summed E-state index contributed by atoms with van der Waals surface area (Å²) in [7, 11) is 0. The van der Waals surface area contributed by atoms with Crippen molar-refractivity contribution in [3.63, 3.8) is 0 Å². The first-order valence-electron chi connectivity index (χ1n) is 10.2. The molecule has 0 spiro atoms. The maximum Gasteiger partial charge on any atom is 0.136 e. The summed E-state index contributed by atoms with van der Waals surface area (Å²) in [5, 5.41) is 7.30. The monoisotopic (exact) mass is 383 g/mol. The van der Waals surface area contributed by atoms with Gasteiger partial charge in [0, 0.05) is 32.6 Å². The molecule has 0 atom stereocenters. The van der Waals surface area contributed by atoms with E-state index in [0.29, 0.717) is 0 Å². The Balaban J connectivity index is 1.74. The number of nitrogens with zero attached hydrogens (tertiary/aromatic N) is 1. The average molecular weight is 383 g/mol. The van der Waals surface area contributed by atoms with E-state index < -0.39 is 0 Å². The van der Waals surface area contributed by atoms with Gasteiger partial charge in [-0.05, 0) is 41.8 Å². The topological polar surface area (TPSA) is 18.1 Å². The van der Waals surface area contributed by atoms with Crippen LogP contribution < -0.4 is 0 Å². The summed E-state index contributed by atoms with van der Waals surface area (Å²) in [5.41, 5.74) is 5.51. The van der Waals surface area contributed by atoms with Crippen molar-refractivity contribution in [2.24, 2.45) is 0 Å². The highest BCUT2D eigenvalue weighted by Crippen LogP contribution is 2.39. The van der Waals surface area contributed by atoms with Gasteiger partial charge in [0.05, 0.1) is 11.0 Å². The van der Waals surface area contributed by atoms with Crippen molar-refractivity contribution in [1.82, 2.24) is 4.57 Å². The number of para-hydroxylation sites is 3. The van der Waals surface area contributed by atoms with Crippen molar-refractivity contribution in [1.29, 1.82) is 0 Å². The Hall–Kier alpha value is -4.04. The lowest BCUT2D eigenvalue weighted by atomic mass is 10.0. The summed E-state index contributed by atoms with van der Waals surface area (Å²) in [5.74, 6) is 0. The van der Waals surface area contributed by atoms with Gasteiger partial charge in [-0.3, -0.25) is 0 Å². The Labute approximate surface area is 172 Å². The standard InChI is InChI=1S/C28H17NO/c1-2-8-19(9-3-1)29-25-12-6-4-10-20(25)22-15-14-18-16-27-24(17-23(18)28(22)29)21-11-5-7-13-26(21)30-27/h1-17H. The fraction of sp³-hybridized carbons (Fsp3) is 0. The quantitative estimate of drug-likeness (QED) is 0.282. The van der Waals surface area contributed by atoms with Gasteiger partial charge in [-0.15, -0.1) is 0 Å². The van der Waals surface area contributed by atoms with Crippen LogP contribution in [-0.4, -0.2) is 4.57 Å². The molecule has 0 aliphatic heterocycles. The van der Waals surface area contributed by atoms with Crippen molar-refractivity contribution in [3.05, 3.63) is 103 Å². The molecular weight excluding hydrogens is 366 g/mol. The molecule has 0 saturated carbocycles. The Bertz CT molecular complexity index is 1740. The Morgan fingerprint density at radius 1 is 0.500 bits per heavy atom. The molecule has 2 heterocycles. The molecule has 0 unspecified atom stereocenters. The second-order valence-corrected chi connectivity index (χ2v) is 7.82. The summed E-state index contributed by atoms with van der Waals surface area (Å²) in [6.07, 6.45) is 0. The van der Waals surface area contributed by atoms with Gasteiger partial charge < -0.3 is 8.98 Å². The first kappa shape index (κ1) is 15.8. The van der Waals surface area contributed by atoms with Gasteiger partial charge >= 0.3 is 0 Å². The number of hydrogen-bond donors (Lipinski definition) is 0. The van der Waals surface area contributed by atoms with Crippen molar-refractivity contribution < 1.29 is 4.42 Å². The van der Waals surface area contributed by atoms with E-state index in [0.717, 1.165) is 21.9 Å². The zero-order chi connectivity index (χ0) is 19.7. The number of benzene rings is 5. The molecule has 0 aliphatic carbocycles. The molecule has 7 rings (SSSR count). The first-order chi connectivity index (χ1) is 14.9. The first-order valence-corrected chi connectivity index (χ1v) is 10.2. The molecule has 0 saturated heterocycles. The zero-order valence-corrected chi connectivity index (χ0v) is 16.2. The number of fused-ring (bicyclic) bond motifs is 8. The lowest BCUT2D eigenvalue weighted by Gasteiger charge is -2.10. The van der Waals surface area contributed by atoms with Crippen LogP contribution in [0.4, 0.5) is 0 Å². The molecule has 140 valence electrons. The number of hydrogen-bond acceptors (Lipinski definition) is 1. The van der Waals surface area contributed by atoms with Gasteiger partial charge in [-0.25, -0.2) is 0 Å². The predicted octanol–water partition coefficient (Wildman–Crippen LogP) is 7.84. The highest BCUT2D eigenvalue weighted by atomic mass is 16.3. The van der Waals surface area contributed by atoms with Crippen LogP contribution in [0.5, 0.6) is 0 Å². The van der Waals surface area contributed by atoms with Gasteiger partial charge in [0.2, 0.25) is 0 Å². The predicted molar refractivity (Wildman–Crippen MR) is 126 cm³/mol. The Morgan fingerprint density at radius 2 is 1.27 bits per heavy atom. The summed E-state index contributed by atoms with van der Waals surface area (Å²) in [4.78, 5) is 0. The largest absolute Gasteiger partial charge is 0.456 e. The highest BCUT2D eigenvalue weighted by Gasteiger charge is 2.16. The van der Waals surface area contributed by atoms with Crippen LogP contribution in [0.25, 0.3) is 60.2 Å². The van der Waals surface area contributed by atoms with Crippen molar-refractivity contribution in [2.75, 3.05) is 0 Å². The fourth-order valence-corrected chi connectivity index (χ4v) is 4.85. The molecule has 5 aromatic carbocycles. The molecule has 0 fully saturated rings. The number of rotatable bonds is 1. The van der Waals surface area contributed by atoms with Crippen molar-refractivity contribution in [3.8, 4) is 5.69 Å². The van der Waals surface area contributed by atoms with E-state index in [1.807, 2.05) is 12.1 Å². The summed E-state index contributed by atoms with van der Waals surface area (Å²) < 4.78 is 8.53. The van der Waals surface area contributed by atoms with Crippen molar-refractivity contribution >= 4 is 54.5 Å². The third-order valence-electron chi connectivity index (χ3n) is 6.16. The Morgan fingerprint density at radius 3 is 2.17 bits per heavy atom. The molecule has 2 nitrogen and oxygen atoms in total. The van der Waals surface area contributed by atoms with E-state index in [9.17, 15) is 0 Å². The SMILES string of the molecule is c1ccc(-n2c3ccccc3c3ccc4cc5oc6ccccc6c5cc4c32)cc1. The molecule has 2 heteroatoms. The van der Waals surface area contributed by atoms with Crippen LogP contribution in [0, 0.1) is 0 Å². The lowest BCUT2D eigenvalue weighted by molar-refractivity contribution is 0.669. The maximum atomic E-state index is 6.14.